The van der Waals surface area contributed by atoms with E-state index in [1.165, 1.54) is 5.56 Å². The van der Waals surface area contributed by atoms with E-state index in [4.69, 9.17) is 31.3 Å². The number of nitrogens with one attached hydrogen (secondary N) is 2. The largest absolute Gasteiger partial charge is 0.490 e. The smallest absolute Gasteiger partial charge is 0.475 e. The summed E-state index contributed by atoms with van der Waals surface area (Å²) in [5.74, 6) is -5.59. The van der Waals surface area contributed by atoms with E-state index in [2.05, 4.69) is 22.8 Å². The molecule has 0 aliphatic heterocycles. The third-order valence-corrected chi connectivity index (χ3v) is 5.84. The Morgan fingerprint density at radius 3 is 1.88 bits per heavy atom. The van der Waals surface area contributed by atoms with Gasteiger partial charge in [-0.25, -0.2) is 9.59 Å². The number of benzene rings is 2. The molecule has 1 unspecified atom stereocenters. The third kappa shape index (κ3) is 13.0. The topological polar surface area (TPSA) is 185 Å². The van der Waals surface area contributed by atoms with Crippen molar-refractivity contribution in [1.29, 1.82) is 0 Å². The van der Waals surface area contributed by atoms with E-state index in [1.807, 2.05) is 24.3 Å². The number of nitrogens with two attached hydrogens (primary N) is 2. The van der Waals surface area contributed by atoms with Gasteiger partial charge in [-0.05, 0) is 48.4 Å². The molecule has 2 aromatic rings. The lowest BCUT2D eigenvalue weighted by molar-refractivity contribution is -0.193. The van der Waals surface area contributed by atoms with Gasteiger partial charge in [-0.3, -0.25) is 9.59 Å². The first-order valence-electron chi connectivity index (χ1n) is 12.2. The maximum Gasteiger partial charge on any atom is 0.490 e. The predicted octanol–water partition coefficient (Wildman–Crippen LogP) is 2.92. The highest BCUT2D eigenvalue weighted by Crippen LogP contribution is 2.32. The number of aliphatic carboxylic acids is 2. The molecule has 0 radical (unpaired) electrons. The number of amides is 2. The monoisotopic (exact) mass is 608 g/mol. The van der Waals surface area contributed by atoms with E-state index in [-0.39, 0.29) is 30.4 Å². The highest BCUT2D eigenvalue weighted by molar-refractivity contribution is 5.96. The molecule has 0 spiro atoms. The second-order valence-electron chi connectivity index (χ2n) is 8.95. The molecular weight excluding hydrogens is 578 g/mol. The molecule has 8 N–H and O–H groups in total. The zero-order valence-electron chi connectivity index (χ0n) is 21.9. The molecule has 16 heteroatoms. The van der Waals surface area contributed by atoms with Crippen LogP contribution in [0.1, 0.15) is 46.7 Å². The first-order valence-corrected chi connectivity index (χ1v) is 12.2. The summed E-state index contributed by atoms with van der Waals surface area (Å²) in [5, 5.41) is 19.9. The van der Waals surface area contributed by atoms with Gasteiger partial charge in [0.1, 0.15) is 0 Å². The summed E-state index contributed by atoms with van der Waals surface area (Å²) >= 11 is 0. The quantitative estimate of drug-likeness (QED) is 0.270. The van der Waals surface area contributed by atoms with E-state index in [0.717, 1.165) is 24.8 Å². The minimum absolute atomic E-state index is 0.0649. The van der Waals surface area contributed by atoms with Crippen molar-refractivity contribution in [3.63, 3.8) is 0 Å². The summed E-state index contributed by atoms with van der Waals surface area (Å²) in [6.45, 7) is 0.294. The predicted molar refractivity (Wildman–Crippen MR) is 137 cm³/mol. The average molecular weight is 609 g/mol. The number of carbonyl (C=O) groups is 4. The Morgan fingerprint density at radius 1 is 0.857 bits per heavy atom. The SMILES string of the molecule is NCc1cccc(C(=O)NCC(=O)N[C@@H]2CCC(c3ccccc3)C[C@@H]2N)c1.O=C(O)C(F)(F)F.O=C(O)C(F)(F)F. The molecular formula is C26H30F6N4O6. The van der Waals surface area contributed by atoms with Crippen LogP contribution in [0.3, 0.4) is 0 Å². The van der Waals surface area contributed by atoms with Crippen LogP contribution in [0, 0.1) is 0 Å². The average Bonchev–Trinajstić information content (AvgIpc) is 2.93. The molecule has 10 nitrogen and oxygen atoms in total. The number of carbonyl (C=O) groups excluding carboxylic acids is 2. The second-order valence-corrected chi connectivity index (χ2v) is 8.95. The van der Waals surface area contributed by atoms with Crippen molar-refractivity contribution in [3.8, 4) is 0 Å². The van der Waals surface area contributed by atoms with Crippen molar-refractivity contribution in [2.45, 2.75) is 56.2 Å². The fraction of sp³-hybridized carbons (Fsp3) is 0.385. The van der Waals surface area contributed by atoms with Crippen LogP contribution in [-0.4, -0.2) is 64.9 Å². The van der Waals surface area contributed by atoms with E-state index < -0.39 is 24.3 Å². The number of carboxylic acids is 2. The van der Waals surface area contributed by atoms with Gasteiger partial charge in [0.05, 0.1) is 6.54 Å². The molecule has 232 valence electrons. The third-order valence-electron chi connectivity index (χ3n) is 5.84. The van der Waals surface area contributed by atoms with Gasteiger partial charge in [0.15, 0.2) is 0 Å². The minimum atomic E-state index is -5.08. The van der Waals surface area contributed by atoms with Crippen molar-refractivity contribution in [3.05, 3.63) is 71.3 Å². The van der Waals surface area contributed by atoms with Gasteiger partial charge in [-0.1, -0.05) is 42.5 Å². The van der Waals surface area contributed by atoms with Crippen LogP contribution >= 0.6 is 0 Å². The Morgan fingerprint density at radius 2 is 1.40 bits per heavy atom. The van der Waals surface area contributed by atoms with Crippen molar-refractivity contribution < 1.29 is 55.7 Å². The number of hydrogen-bond donors (Lipinski definition) is 6. The van der Waals surface area contributed by atoms with Crippen molar-refractivity contribution in [2.24, 2.45) is 11.5 Å². The maximum absolute atomic E-state index is 12.3. The molecule has 0 heterocycles. The first kappa shape index (κ1) is 35.8. The molecule has 0 bridgehead atoms. The van der Waals surface area contributed by atoms with Crippen LogP contribution in [0.4, 0.5) is 26.3 Å². The molecule has 1 aliphatic carbocycles. The molecule has 1 fully saturated rings. The van der Waals surface area contributed by atoms with E-state index >= 15 is 0 Å². The van der Waals surface area contributed by atoms with E-state index in [1.54, 1.807) is 18.2 Å². The summed E-state index contributed by atoms with van der Waals surface area (Å²) in [5.41, 5.74) is 14.6. The van der Waals surface area contributed by atoms with Crippen molar-refractivity contribution >= 4 is 23.8 Å². The van der Waals surface area contributed by atoms with E-state index in [9.17, 15) is 35.9 Å². The fourth-order valence-corrected chi connectivity index (χ4v) is 3.77. The normalized spacial score (nSPS) is 18.2. The molecule has 1 aliphatic rings. The van der Waals surface area contributed by atoms with Crippen molar-refractivity contribution in [2.75, 3.05) is 6.54 Å². The number of carboxylic acid groups (broad SMARTS) is 2. The van der Waals surface area contributed by atoms with Crippen LogP contribution in [0.25, 0.3) is 0 Å². The van der Waals surface area contributed by atoms with E-state index in [0.29, 0.717) is 18.0 Å². The Kier molecular flexibility index (Phi) is 13.9. The van der Waals surface area contributed by atoms with Crippen LogP contribution in [0.2, 0.25) is 0 Å². The fourth-order valence-electron chi connectivity index (χ4n) is 3.77. The Labute approximate surface area is 236 Å². The second kappa shape index (κ2) is 16.3. The highest BCUT2D eigenvalue weighted by Gasteiger charge is 2.39. The summed E-state index contributed by atoms with van der Waals surface area (Å²) in [7, 11) is 0. The van der Waals surface area contributed by atoms with Crippen LogP contribution in [0.15, 0.2) is 54.6 Å². The number of halogens is 6. The van der Waals surface area contributed by atoms with Gasteiger partial charge in [-0.2, -0.15) is 26.3 Å². The summed E-state index contributed by atoms with van der Waals surface area (Å²) in [6, 6.07) is 17.3. The summed E-state index contributed by atoms with van der Waals surface area (Å²) in [6.07, 6.45) is -7.51. The van der Waals surface area contributed by atoms with Crippen molar-refractivity contribution in [1.82, 2.24) is 10.6 Å². The molecule has 3 rings (SSSR count). The Hall–Kier alpha value is -4.18. The summed E-state index contributed by atoms with van der Waals surface area (Å²) in [4.78, 5) is 42.3. The lowest BCUT2D eigenvalue weighted by atomic mass is 9.79. The van der Waals surface area contributed by atoms with Crippen LogP contribution in [0.5, 0.6) is 0 Å². The zero-order valence-corrected chi connectivity index (χ0v) is 21.9. The molecule has 2 aromatic carbocycles. The standard InChI is InChI=1S/C22H28N4O2.2C2HF3O2/c23-13-15-5-4-8-18(11-15)22(28)25-14-21(27)26-20-10-9-17(12-19(20)24)16-6-2-1-3-7-16;2*3-2(4,5)1(6)7/h1-8,11,17,19-20H,9-10,12-14,23-24H2,(H,25,28)(H,26,27);2*(H,6,7)/t17?,19-,20+;;/m0../s1. The maximum atomic E-state index is 12.3. The van der Waals surface area contributed by atoms with Gasteiger partial charge in [-0.15, -0.1) is 0 Å². The Balaban J connectivity index is 0.000000522. The minimum Gasteiger partial charge on any atom is -0.475 e. The highest BCUT2D eigenvalue weighted by atomic mass is 19.4. The van der Waals surface area contributed by atoms with Gasteiger partial charge in [0.25, 0.3) is 5.91 Å². The number of hydrogen-bond acceptors (Lipinski definition) is 6. The number of alkyl halides is 6. The van der Waals surface area contributed by atoms with Crippen LogP contribution < -0.4 is 22.1 Å². The summed E-state index contributed by atoms with van der Waals surface area (Å²) < 4.78 is 63.5. The zero-order chi connectivity index (χ0) is 32.1. The molecule has 0 saturated heterocycles. The lowest BCUT2D eigenvalue weighted by Crippen LogP contribution is -2.52. The first-order chi connectivity index (χ1) is 19.4. The molecule has 0 aromatic heterocycles. The molecule has 1 saturated carbocycles. The molecule has 42 heavy (non-hydrogen) atoms. The van der Waals surface area contributed by atoms with Gasteiger partial charge >= 0.3 is 24.3 Å². The molecule has 2 amide bonds. The van der Waals surface area contributed by atoms with Gasteiger partial charge < -0.3 is 32.3 Å². The van der Waals surface area contributed by atoms with Crippen LogP contribution in [-0.2, 0) is 20.9 Å². The van der Waals surface area contributed by atoms with Gasteiger partial charge in [0, 0.05) is 24.2 Å². The Bertz CT molecular complexity index is 1170. The lowest BCUT2D eigenvalue weighted by Gasteiger charge is -2.34. The molecule has 3 atom stereocenters. The number of rotatable bonds is 6. The van der Waals surface area contributed by atoms with Gasteiger partial charge in [0.2, 0.25) is 5.91 Å².